The summed E-state index contributed by atoms with van der Waals surface area (Å²) in [4.78, 5) is 24.8. The van der Waals surface area contributed by atoms with Crippen molar-refractivity contribution in [3.63, 3.8) is 0 Å². The smallest absolute Gasteiger partial charge is 0.233 e. The molecule has 0 aromatic carbocycles. The molecule has 1 rings (SSSR count). The van der Waals surface area contributed by atoms with Gasteiger partial charge in [-0.2, -0.15) is 0 Å². The van der Waals surface area contributed by atoms with Crippen molar-refractivity contribution >= 4 is 12.3 Å². The quantitative estimate of drug-likeness (QED) is 0.260. The molecule has 2 atom stereocenters. The van der Waals surface area contributed by atoms with E-state index in [9.17, 15) is 14.8 Å². The molecule has 1 heterocycles. The van der Waals surface area contributed by atoms with Crippen molar-refractivity contribution in [2.45, 2.75) is 45.4 Å². The van der Waals surface area contributed by atoms with Crippen LogP contribution in [0.25, 0.3) is 0 Å². The summed E-state index contributed by atoms with van der Waals surface area (Å²) in [6.07, 6.45) is 5.99. The van der Waals surface area contributed by atoms with Gasteiger partial charge >= 0.3 is 0 Å². The number of hydroxylamine groups is 2. The van der Waals surface area contributed by atoms with Crippen molar-refractivity contribution in [3.8, 4) is 0 Å². The highest BCUT2D eigenvalue weighted by Crippen LogP contribution is 2.29. The summed E-state index contributed by atoms with van der Waals surface area (Å²) in [5, 5.41) is 18.7. The Balaban J connectivity index is 2.55. The van der Waals surface area contributed by atoms with Crippen LogP contribution in [0.5, 0.6) is 0 Å². The van der Waals surface area contributed by atoms with Crippen LogP contribution in [-0.2, 0) is 9.59 Å². The number of carbonyl (C=O) groups excluding carboxylic acids is 2. The second-order valence-electron chi connectivity index (χ2n) is 5.80. The first-order valence-corrected chi connectivity index (χ1v) is 7.94. The van der Waals surface area contributed by atoms with Crippen molar-refractivity contribution in [2.75, 3.05) is 26.2 Å². The fourth-order valence-corrected chi connectivity index (χ4v) is 2.96. The second kappa shape index (κ2) is 9.73. The van der Waals surface area contributed by atoms with E-state index < -0.39 is 0 Å². The number of unbranched alkanes of at least 4 members (excludes halogenated alkanes) is 3. The highest BCUT2D eigenvalue weighted by atomic mass is 16.5. The largest absolute Gasteiger partial charge is 0.396 e. The van der Waals surface area contributed by atoms with Gasteiger partial charge in [-0.15, -0.1) is 0 Å². The minimum Gasteiger partial charge on any atom is -0.396 e. The fraction of sp³-hybridized carbons (Fsp3) is 0.867. The summed E-state index contributed by atoms with van der Waals surface area (Å²) in [5.41, 5.74) is 0. The zero-order valence-electron chi connectivity index (χ0n) is 12.9. The zero-order chi connectivity index (χ0) is 15.7. The lowest BCUT2D eigenvalue weighted by molar-refractivity contribution is -0.155. The average Bonchev–Trinajstić information content (AvgIpc) is 2.78. The van der Waals surface area contributed by atoms with Crippen molar-refractivity contribution in [1.82, 2.24) is 9.96 Å². The molecule has 0 saturated carbocycles. The first kappa shape index (κ1) is 17.9. The third-order valence-corrected chi connectivity index (χ3v) is 4.17. The van der Waals surface area contributed by atoms with E-state index >= 15 is 0 Å². The minimum atomic E-state index is -0.287. The van der Waals surface area contributed by atoms with Crippen LogP contribution in [-0.4, -0.2) is 58.8 Å². The molecule has 0 radical (unpaired) electrons. The van der Waals surface area contributed by atoms with E-state index in [1.54, 1.807) is 0 Å². The molecule has 1 fully saturated rings. The summed E-state index contributed by atoms with van der Waals surface area (Å²) < 4.78 is 0. The third kappa shape index (κ3) is 5.63. The van der Waals surface area contributed by atoms with Gasteiger partial charge in [-0.3, -0.25) is 14.8 Å². The van der Waals surface area contributed by atoms with E-state index in [1.165, 1.54) is 0 Å². The molecule has 122 valence electrons. The second-order valence-corrected chi connectivity index (χ2v) is 5.80. The third-order valence-electron chi connectivity index (χ3n) is 4.17. The number of hydrogen-bond acceptors (Lipinski definition) is 4. The maximum Gasteiger partial charge on any atom is 0.233 e. The number of hydrogen-bond donors (Lipinski definition) is 2. The molecule has 1 aliphatic rings. The van der Waals surface area contributed by atoms with Gasteiger partial charge in [0.15, 0.2) is 0 Å². The summed E-state index contributed by atoms with van der Waals surface area (Å²) in [5.74, 6) is -0.0320. The minimum absolute atomic E-state index is 0.0426. The van der Waals surface area contributed by atoms with Gasteiger partial charge in [0.05, 0.1) is 12.5 Å². The van der Waals surface area contributed by atoms with Gasteiger partial charge in [-0.25, -0.2) is 5.06 Å². The predicted molar refractivity (Wildman–Crippen MR) is 78.6 cm³/mol. The summed E-state index contributed by atoms with van der Waals surface area (Å²) >= 11 is 0. The molecular formula is C15H28N2O4. The van der Waals surface area contributed by atoms with Gasteiger partial charge in [0.2, 0.25) is 12.3 Å². The number of rotatable bonds is 11. The van der Waals surface area contributed by atoms with E-state index in [4.69, 9.17) is 5.11 Å². The van der Waals surface area contributed by atoms with E-state index in [1.807, 2.05) is 4.90 Å². The Morgan fingerprint density at radius 3 is 2.71 bits per heavy atom. The van der Waals surface area contributed by atoms with Gasteiger partial charge in [-0.1, -0.05) is 19.8 Å². The Hall–Kier alpha value is -1.14. The number of likely N-dealkylation sites (tertiary alicyclic amines) is 1. The van der Waals surface area contributed by atoms with Crippen LogP contribution in [0.4, 0.5) is 0 Å². The number of amides is 2. The van der Waals surface area contributed by atoms with Crippen LogP contribution < -0.4 is 0 Å². The molecule has 6 nitrogen and oxygen atoms in total. The maximum absolute atomic E-state index is 12.4. The van der Waals surface area contributed by atoms with Gasteiger partial charge in [-0.05, 0) is 31.6 Å². The van der Waals surface area contributed by atoms with Gasteiger partial charge in [0.25, 0.3) is 0 Å². The zero-order valence-corrected chi connectivity index (χ0v) is 12.9. The lowest BCUT2D eigenvalue weighted by Gasteiger charge is -2.19. The molecule has 0 spiro atoms. The Morgan fingerprint density at radius 2 is 2.10 bits per heavy atom. The van der Waals surface area contributed by atoms with Crippen LogP contribution in [0, 0.1) is 11.8 Å². The van der Waals surface area contributed by atoms with Crippen LogP contribution in [0.3, 0.4) is 0 Å². The number of aliphatic hydroxyl groups excluding tert-OH is 1. The van der Waals surface area contributed by atoms with Crippen LogP contribution in [0.2, 0.25) is 0 Å². The lowest BCUT2D eigenvalue weighted by Crippen LogP contribution is -2.34. The lowest BCUT2D eigenvalue weighted by atomic mass is 9.90. The SMILES string of the molecule is CCCC[C@@H]1CN(CCCCCO)C(=O)[C@H]1CN(O)C=O. The number of nitrogens with zero attached hydrogens (tertiary/aromatic N) is 2. The first-order chi connectivity index (χ1) is 10.1. The number of carbonyl (C=O) groups is 2. The van der Waals surface area contributed by atoms with Crippen molar-refractivity contribution in [1.29, 1.82) is 0 Å². The molecule has 0 bridgehead atoms. The Kier molecular flexibility index (Phi) is 8.30. The van der Waals surface area contributed by atoms with E-state index in [0.717, 1.165) is 45.1 Å². The predicted octanol–water partition coefficient (Wildman–Crippen LogP) is 1.26. The molecule has 0 aromatic rings. The Bertz CT molecular complexity index is 325. The highest BCUT2D eigenvalue weighted by molar-refractivity contribution is 5.81. The Labute approximate surface area is 126 Å². The first-order valence-electron chi connectivity index (χ1n) is 7.94. The van der Waals surface area contributed by atoms with E-state index in [-0.39, 0.29) is 30.9 Å². The fourth-order valence-electron chi connectivity index (χ4n) is 2.96. The molecular weight excluding hydrogens is 272 g/mol. The molecule has 2 amide bonds. The molecule has 1 aliphatic heterocycles. The topological polar surface area (TPSA) is 81.1 Å². The molecule has 2 N–H and O–H groups in total. The average molecular weight is 300 g/mol. The Morgan fingerprint density at radius 1 is 1.33 bits per heavy atom. The van der Waals surface area contributed by atoms with Gasteiger partial charge < -0.3 is 10.0 Å². The van der Waals surface area contributed by atoms with Gasteiger partial charge in [0.1, 0.15) is 0 Å². The maximum atomic E-state index is 12.4. The van der Waals surface area contributed by atoms with E-state index in [2.05, 4.69) is 6.92 Å². The van der Waals surface area contributed by atoms with Crippen molar-refractivity contribution in [2.24, 2.45) is 11.8 Å². The van der Waals surface area contributed by atoms with Crippen LogP contribution >= 0.6 is 0 Å². The van der Waals surface area contributed by atoms with Gasteiger partial charge in [0, 0.05) is 19.7 Å². The molecule has 21 heavy (non-hydrogen) atoms. The molecule has 0 aliphatic carbocycles. The highest BCUT2D eigenvalue weighted by Gasteiger charge is 2.40. The molecule has 6 heteroatoms. The standard InChI is InChI=1S/C15H28N2O4/c1-2-3-7-13-10-16(8-5-4-6-9-18)15(20)14(13)11-17(21)12-19/h12-14,18,21H,2-11H2,1H3/t13-,14+/m1/s1. The monoisotopic (exact) mass is 300 g/mol. The summed E-state index contributed by atoms with van der Waals surface area (Å²) in [6.45, 7) is 3.81. The van der Waals surface area contributed by atoms with Crippen LogP contribution in [0.1, 0.15) is 45.4 Å². The van der Waals surface area contributed by atoms with Crippen molar-refractivity contribution < 1.29 is 19.9 Å². The van der Waals surface area contributed by atoms with E-state index in [0.29, 0.717) is 18.0 Å². The molecule has 1 saturated heterocycles. The van der Waals surface area contributed by atoms with Crippen LogP contribution in [0.15, 0.2) is 0 Å². The normalized spacial score (nSPS) is 21.9. The molecule has 0 unspecified atom stereocenters. The van der Waals surface area contributed by atoms with Crippen molar-refractivity contribution in [3.05, 3.63) is 0 Å². The summed E-state index contributed by atoms with van der Waals surface area (Å²) in [6, 6.07) is 0. The number of aliphatic hydroxyl groups is 1. The summed E-state index contributed by atoms with van der Waals surface area (Å²) in [7, 11) is 0. The molecule has 0 aromatic heterocycles.